The van der Waals surface area contributed by atoms with E-state index >= 15 is 0 Å². The van der Waals surface area contributed by atoms with Gasteiger partial charge in [0, 0.05) is 12.1 Å². The summed E-state index contributed by atoms with van der Waals surface area (Å²) < 4.78 is 0.991. The molecule has 0 bridgehead atoms. The van der Waals surface area contributed by atoms with Crippen LogP contribution in [0.1, 0.15) is 25.0 Å². The van der Waals surface area contributed by atoms with Crippen molar-refractivity contribution in [2.45, 2.75) is 25.8 Å². The summed E-state index contributed by atoms with van der Waals surface area (Å²) >= 11 is 7.75. The van der Waals surface area contributed by atoms with Crippen LogP contribution >= 0.6 is 22.9 Å². The third kappa shape index (κ3) is 2.89. The zero-order valence-corrected chi connectivity index (χ0v) is 14.6. The molecule has 1 aliphatic rings. The first-order valence-electron chi connectivity index (χ1n) is 7.99. The minimum atomic E-state index is 0.108. The summed E-state index contributed by atoms with van der Waals surface area (Å²) in [5.74, 6) is 0.248. The van der Waals surface area contributed by atoms with Crippen LogP contribution in [0.5, 0.6) is 0 Å². The van der Waals surface area contributed by atoms with Crippen molar-refractivity contribution in [1.82, 2.24) is 9.97 Å². The molecular weight excluding hydrogens is 342 g/mol. The Morgan fingerprint density at radius 1 is 1.25 bits per heavy atom. The Balaban J connectivity index is 1.72. The number of nitrogens with zero attached hydrogens (tertiary/aromatic N) is 3. The van der Waals surface area contributed by atoms with E-state index in [0.29, 0.717) is 16.7 Å². The van der Waals surface area contributed by atoms with Gasteiger partial charge in [-0.3, -0.25) is 14.7 Å². The Labute approximate surface area is 149 Å². The van der Waals surface area contributed by atoms with Crippen LogP contribution < -0.4 is 4.90 Å². The van der Waals surface area contributed by atoms with Gasteiger partial charge in [0.2, 0.25) is 5.91 Å². The molecule has 0 aliphatic heterocycles. The van der Waals surface area contributed by atoms with Crippen molar-refractivity contribution in [2.24, 2.45) is 5.92 Å². The number of hydrogen-bond donors (Lipinski definition) is 0. The molecular formula is C18H16ClN3OS. The average Bonchev–Trinajstić information content (AvgIpc) is 2.97. The topological polar surface area (TPSA) is 46.1 Å². The van der Waals surface area contributed by atoms with Crippen molar-refractivity contribution >= 4 is 44.2 Å². The molecule has 0 atom stereocenters. The van der Waals surface area contributed by atoms with Gasteiger partial charge < -0.3 is 0 Å². The lowest BCUT2D eigenvalue weighted by Gasteiger charge is -2.30. The van der Waals surface area contributed by atoms with E-state index in [0.717, 1.165) is 35.2 Å². The van der Waals surface area contributed by atoms with Gasteiger partial charge in [0.25, 0.3) is 0 Å². The van der Waals surface area contributed by atoms with Crippen LogP contribution in [0, 0.1) is 5.92 Å². The molecule has 0 radical (unpaired) electrons. The van der Waals surface area contributed by atoms with Crippen LogP contribution in [0.15, 0.2) is 42.6 Å². The maximum Gasteiger partial charge on any atom is 0.232 e. The molecule has 0 spiro atoms. The molecule has 1 amide bonds. The van der Waals surface area contributed by atoms with Gasteiger partial charge >= 0.3 is 0 Å². The number of aromatic nitrogens is 2. The zero-order chi connectivity index (χ0) is 16.5. The van der Waals surface area contributed by atoms with Crippen molar-refractivity contribution in [2.75, 3.05) is 4.90 Å². The molecule has 1 saturated carbocycles. The van der Waals surface area contributed by atoms with Crippen LogP contribution in [0.4, 0.5) is 5.13 Å². The van der Waals surface area contributed by atoms with E-state index in [1.165, 1.54) is 11.3 Å². The van der Waals surface area contributed by atoms with E-state index < -0.39 is 0 Å². The lowest BCUT2D eigenvalue weighted by atomic mass is 9.84. The highest BCUT2D eigenvalue weighted by molar-refractivity contribution is 7.22. The van der Waals surface area contributed by atoms with E-state index in [4.69, 9.17) is 11.6 Å². The third-order valence-electron chi connectivity index (χ3n) is 4.36. The first kappa shape index (κ1) is 15.5. The summed E-state index contributed by atoms with van der Waals surface area (Å²) in [6, 6.07) is 11.5. The van der Waals surface area contributed by atoms with Crippen LogP contribution in [0.3, 0.4) is 0 Å². The summed E-state index contributed by atoms with van der Waals surface area (Å²) in [6.07, 6.45) is 4.79. The van der Waals surface area contributed by atoms with Crippen LogP contribution in [-0.2, 0) is 11.3 Å². The smallest absolute Gasteiger partial charge is 0.232 e. The highest BCUT2D eigenvalue weighted by Crippen LogP contribution is 2.36. The summed E-state index contributed by atoms with van der Waals surface area (Å²) in [5, 5.41) is 1.31. The number of anilines is 1. The molecule has 0 N–H and O–H groups in total. The molecule has 2 aromatic heterocycles. The van der Waals surface area contributed by atoms with Crippen molar-refractivity contribution in [1.29, 1.82) is 0 Å². The molecule has 1 fully saturated rings. The molecule has 4 rings (SSSR count). The van der Waals surface area contributed by atoms with Gasteiger partial charge in [-0.05, 0) is 37.1 Å². The predicted octanol–water partition coefficient (Wildman–Crippen LogP) is 4.68. The second kappa shape index (κ2) is 6.49. The second-order valence-electron chi connectivity index (χ2n) is 5.96. The molecule has 122 valence electrons. The van der Waals surface area contributed by atoms with Gasteiger partial charge in [0.1, 0.15) is 5.52 Å². The Morgan fingerprint density at radius 2 is 2.12 bits per heavy atom. The number of rotatable bonds is 4. The van der Waals surface area contributed by atoms with Gasteiger partial charge in [0.15, 0.2) is 5.13 Å². The molecule has 1 aliphatic carbocycles. The highest BCUT2D eigenvalue weighted by Gasteiger charge is 2.32. The fourth-order valence-electron chi connectivity index (χ4n) is 2.79. The second-order valence-corrected chi connectivity index (χ2v) is 7.37. The minimum absolute atomic E-state index is 0.108. The first-order chi connectivity index (χ1) is 11.7. The molecule has 0 unspecified atom stereocenters. The number of carbonyl (C=O) groups excluding carboxylic acids is 1. The van der Waals surface area contributed by atoms with E-state index in [-0.39, 0.29) is 11.8 Å². The fraction of sp³-hybridized carbons (Fsp3) is 0.278. The van der Waals surface area contributed by atoms with Crippen molar-refractivity contribution < 1.29 is 4.79 Å². The average molecular weight is 358 g/mol. The lowest BCUT2D eigenvalue weighted by molar-refractivity contribution is -0.124. The quantitative estimate of drug-likeness (QED) is 0.681. The molecule has 24 heavy (non-hydrogen) atoms. The summed E-state index contributed by atoms with van der Waals surface area (Å²) in [7, 11) is 0. The number of halogens is 1. The Morgan fingerprint density at radius 3 is 2.79 bits per heavy atom. The summed E-state index contributed by atoms with van der Waals surface area (Å²) in [4.78, 5) is 23.7. The van der Waals surface area contributed by atoms with Crippen molar-refractivity contribution in [3.05, 3.63) is 53.3 Å². The van der Waals surface area contributed by atoms with Crippen LogP contribution in [-0.4, -0.2) is 15.9 Å². The van der Waals surface area contributed by atoms with E-state index in [1.54, 1.807) is 11.1 Å². The summed E-state index contributed by atoms with van der Waals surface area (Å²) in [5.41, 5.74) is 1.61. The number of fused-ring (bicyclic) bond motifs is 1. The number of para-hydroxylation sites is 1. The number of hydrogen-bond acceptors (Lipinski definition) is 4. The predicted molar refractivity (Wildman–Crippen MR) is 97.4 cm³/mol. The molecule has 0 saturated heterocycles. The monoisotopic (exact) mass is 357 g/mol. The Kier molecular flexibility index (Phi) is 4.21. The van der Waals surface area contributed by atoms with Crippen LogP contribution in [0.2, 0.25) is 5.02 Å². The van der Waals surface area contributed by atoms with Crippen molar-refractivity contribution in [3.8, 4) is 0 Å². The zero-order valence-electron chi connectivity index (χ0n) is 13.0. The highest BCUT2D eigenvalue weighted by atomic mass is 35.5. The number of carbonyl (C=O) groups is 1. The number of benzene rings is 1. The molecule has 3 aromatic rings. The van der Waals surface area contributed by atoms with E-state index in [9.17, 15) is 4.79 Å². The van der Waals surface area contributed by atoms with Gasteiger partial charge in [-0.15, -0.1) is 0 Å². The lowest BCUT2D eigenvalue weighted by Crippen LogP contribution is -2.38. The normalized spacial score (nSPS) is 14.5. The number of amides is 1. The van der Waals surface area contributed by atoms with Gasteiger partial charge in [0.05, 0.1) is 22.0 Å². The first-order valence-corrected chi connectivity index (χ1v) is 9.18. The van der Waals surface area contributed by atoms with Gasteiger partial charge in [-0.25, -0.2) is 4.98 Å². The summed E-state index contributed by atoms with van der Waals surface area (Å²) in [6.45, 7) is 0.438. The maximum atomic E-state index is 12.9. The molecule has 1 aromatic carbocycles. The van der Waals surface area contributed by atoms with Crippen molar-refractivity contribution in [3.63, 3.8) is 0 Å². The molecule has 6 heteroatoms. The largest absolute Gasteiger partial charge is 0.282 e. The standard InChI is InChI=1S/C18H16ClN3OS/c19-14-8-4-9-15-16(14)21-18(24-15)22(17(23)12-5-3-6-12)11-13-7-1-2-10-20-13/h1-2,4,7-10,12H,3,5-6,11H2. The van der Waals surface area contributed by atoms with E-state index in [1.807, 2.05) is 36.4 Å². The molecule has 2 heterocycles. The Hall–Kier alpha value is -1.98. The Bertz CT molecular complexity index is 876. The fourth-order valence-corrected chi connectivity index (χ4v) is 4.06. The third-order valence-corrected chi connectivity index (χ3v) is 5.70. The van der Waals surface area contributed by atoms with Crippen LogP contribution in [0.25, 0.3) is 10.2 Å². The number of pyridine rings is 1. The SMILES string of the molecule is O=C(C1CCC1)N(Cc1ccccn1)c1nc2c(Cl)cccc2s1. The minimum Gasteiger partial charge on any atom is -0.282 e. The number of thiazole rings is 1. The van der Waals surface area contributed by atoms with Gasteiger partial charge in [-0.2, -0.15) is 0 Å². The van der Waals surface area contributed by atoms with Gasteiger partial charge in [-0.1, -0.05) is 41.5 Å². The molecule has 4 nitrogen and oxygen atoms in total. The van der Waals surface area contributed by atoms with E-state index in [2.05, 4.69) is 9.97 Å². The maximum absolute atomic E-state index is 12.9.